The van der Waals surface area contributed by atoms with Crippen molar-refractivity contribution in [3.8, 4) is 18.1 Å². The van der Waals surface area contributed by atoms with Crippen molar-refractivity contribution >= 4 is 11.0 Å². The minimum atomic E-state index is -4.65. The zero-order valence-corrected chi connectivity index (χ0v) is 9.97. The van der Waals surface area contributed by atoms with Gasteiger partial charge in [0.25, 0.3) is 0 Å². The number of ether oxygens (including phenoxy) is 1. The first-order chi connectivity index (χ1) is 8.81. The molecule has 19 heavy (non-hydrogen) atoms. The molecule has 2 aromatic rings. The molecule has 0 radical (unpaired) electrons. The van der Waals surface area contributed by atoms with Gasteiger partial charge in [-0.2, -0.15) is 13.2 Å². The number of rotatable bonds is 1. The third kappa shape index (κ3) is 1.89. The molecule has 0 saturated carbocycles. The second-order valence-electron chi connectivity index (χ2n) is 3.77. The highest BCUT2D eigenvalue weighted by atomic mass is 19.4. The molecule has 0 atom stereocenters. The Labute approximate surface area is 105 Å². The minimum Gasteiger partial charge on any atom is -0.493 e. The van der Waals surface area contributed by atoms with Crippen LogP contribution in [0.25, 0.3) is 11.0 Å². The number of fused-ring (bicyclic) bond motifs is 1. The second-order valence-corrected chi connectivity index (χ2v) is 3.77. The van der Waals surface area contributed by atoms with E-state index >= 15 is 0 Å². The van der Waals surface area contributed by atoms with Gasteiger partial charge >= 0.3 is 6.18 Å². The van der Waals surface area contributed by atoms with Gasteiger partial charge in [0.2, 0.25) is 5.82 Å². The van der Waals surface area contributed by atoms with Crippen LogP contribution in [0.15, 0.2) is 6.07 Å². The summed E-state index contributed by atoms with van der Waals surface area (Å²) >= 11 is 0. The van der Waals surface area contributed by atoms with Crippen LogP contribution in [0.3, 0.4) is 0 Å². The molecule has 1 aromatic carbocycles. The van der Waals surface area contributed by atoms with Crippen molar-refractivity contribution in [1.29, 1.82) is 0 Å². The van der Waals surface area contributed by atoms with Crippen LogP contribution in [0, 0.1) is 18.2 Å². The Morgan fingerprint density at radius 3 is 2.53 bits per heavy atom. The van der Waals surface area contributed by atoms with Crippen LogP contribution in [0.4, 0.5) is 17.6 Å². The lowest BCUT2D eigenvalue weighted by molar-refractivity contribution is -0.146. The summed E-state index contributed by atoms with van der Waals surface area (Å²) in [4.78, 5) is 3.45. The van der Waals surface area contributed by atoms with Crippen molar-refractivity contribution in [3.05, 3.63) is 23.3 Å². The predicted molar refractivity (Wildman–Crippen MR) is 60.2 cm³/mol. The van der Waals surface area contributed by atoms with Gasteiger partial charge in [0.1, 0.15) is 16.9 Å². The highest BCUT2D eigenvalue weighted by molar-refractivity contribution is 5.85. The molecule has 0 bridgehead atoms. The van der Waals surface area contributed by atoms with Gasteiger partial charge in [-0.25, -0.2) is 9.37 Å². The van der Waals surface area contributed by atoms with Crippen LogP contribution < -0.4 is 4.74 Å². The molecule has 100 valence electrons. The molecule has 0 aliphatic carbocycles. The Bertz CT molecular complexity index is 695. The SMILES string of the molecule is C#Cc1c(F)cc2c(nc(C(F)(F)F)n2C)c1OC. The van der Waals surface area contributed by atoms with E-state index in [0.717, 1.165) is 17.7 Å². The zero-order valence-electron chi connectivity index (χ0n) is 9.97. The Morgan fingerprint density at radius 2 is 2.05 bits per heavy atom. The van der Waals surface area contributed by atoms with Gasteiger partial charge in [-0.05, 0) is 0 Å². The highest BCUT2D eigenvalue weighted by Gasteiger charge is 2.37. The maximum absolute atomic E-state index is 13.7. The van der Waals surface area contributed by atoms with Gasteiger partial charge in [-0.1, -0.05) is 5.92 Å². The lowest BCUT2D eigenvalue weighted by atomic mass is 10.1. The molecule has 0 aliphatic rings. The number of alkyl halides is 3. The number of hydrogen-bond acceptors (Lipinski definition) is 2. The van der Waals surface area contributed by atoms with Crippen molar-refractivity contribution in [2.24, 2.45) is 7.05 Å². The molecule has 0 saturated heterocycles. The summed E-state index contributed by atoms with van der Waals surface area (Å²) in [6.45, 7) is 0. The second kappa shape index (κ2) is 4.16. The molecule has 7 heteroatoms. The van der Waals surface area contributed by atoms with E-state index in [1.54, 1.807) is 0 Å². The normalized spacial score (nSPS) is 11.6. The fraction of sp³-hybridized carbons (Fsp3) is 0.250. The molecule has 2 rings (SSSR count). The first kappa shape index (κ1) is 13.2. The van der Waals surface area contributed by atoms with Crippen molar-refractivity contribution in [2.45, 2.75) is 6.18 Å². The van der Waals surface area contributed by atoms with E-state index < -0.39 is 17.8 Å². The fourth-order valence-electron chi connectivity index (χ4n) is 1.85. The average Bonchev–Trinajstić information content (AvgIpc) is 2.65. The summed E-state index contributed by atoms with van der Waals surface area (Å²) in [5.74, 6) is -0.107. The van der Waals surface area contributed by atoms with E-state index in [-0.39, 0.29) is 22.3 Å². The minimum absolute atomic E-state index is 0.0410. The average molecular weight is 272 g/mol. The Morgan fingerprint density at radius 1 is 1.42 bits per heavy atom. The first-order valence-electron chi connectivity index (χ1n) is 5.08. The van der Waals surface area contributed by atoms with Gasteiger partial charge in [-0.15, -0.1) is 6.42 Å². The number of aromatic nitrogens is 2. The van der Waals surface area contributed by atoms with Crippen molar-refractivity contribution in [1.82, 2.24) is 9.55 Å². The van der Waals surface area contributed by atoms with Gasteiger partial charge in [0.15, 0.2) is 5.75 Å². The maximum atomic E-state index is 13.7. The number of aryl methyl sites for hydroxylation is 1. The van der Waals surface area contributed by atoms with Crippen LogP contribution in [0.5, 0.6) is 5.75 Å². The summed E-state index contributed by atoms with van der Waals surface area (Å²) in [5, 5.41) is 0. The van der Waals surface area contributed by atoms with Gasteiger partial charge in [0.05, 0.1) is 12.6 Å². The Balaban J connectivity index is 2.93. The molecular weight excluding hydrogens is 264 g/mol. The smallest absolute Gasteiger partial charge is 0.449 e. The number of terminal acetylenes is 1. The first-order valence-corrected chi connectivity index (χ1v) is 5.08. The maximum Gasteiger partial charge on any atom is 0.449 e. The van der Waals surface area contributed by atoms with E-state index in [4.69, 9.17) is 11.2 Å². The van der Waals surface area contributed by atoms with E-state index in [0.29, 0.717) is 0 Å². The summed E-state index contributed by atoms with van der Waals surface area (Å²) in [6.07, 6.45) is 0.475. The molecule has 1 aromatic heterocycles. The molecule has 0 amide bonds. The summed E-state index contributed by atoms with van der Waals surface area (Å²) < 4.78 is 57.6. The van der Waals surface area contributed by atoms with Crippen LogP contribution >= 0.6 is 0 Å². The lowest BCUT2D eigenvalue weighted by Gasteiger charge is -2.06. The number of nitrogens with zero attached hydrogens (tertiary/aromatic N) is 2. The van der Waals surface area contributed by atoms with Crippen LogP contribution in [-0.2, 0) is 13.2 Å². The van der Waals surface area contributed by atoms with Gasteiger partial charge < -0.3 is 9.30 Å². The van der Waals surface area contributed by atoms with Crippen LogP contribution in [0.2, 0.25) is 0 Å². The molecule has 0 spiro atoms. The predicted octanol–water partition coefficient (Wildman–Crippen LogP) is 2.72. The standard InChI is InChI=1S/C12H8F4N2O/c1-4-6-7(13)5-8-9(10(6)19-3)17-11(18(8)2)12(14,15)16/h1,5H,2-3H3. The van der Waals surface area contributed by atoms with Gasteiger partial charge in [-0.3, -0.25) is 0 Å². The number of benzene rings is 1. The molecule has 0 fully saturated rings. The van der Waals surface area contributed by atoms with Gasteiger partial charge in [0, 0.05) is 13.1 Å². The van der Waals surface area contributed by atoms with E-state index in [1.807, 2.05) is 5.92 Å². The monoisotopic (exact) mass is 272 g/mol. The number of hydrogen-bond donors (Lipinski definition) is 0. The summed E-state index contributed by atoms with van der Waals surface area (Å²) in [7, 11) is 2.34. The molecule has 0 aliphatic heterocycles. The largest absolute Gasteiger partial charge is 0.493 e. The number of halogens is 4. The molecule has 0 unspecified atom stereocenters. The van der Waals surface area contributed by atoms with E-state index in [1.165, 1.54) is 7.11 Å². The van der Waals surface area contributed by atoms with Crippen molar-refractivity contribution in [3.63, 3.8) is 0 Å². The molecule has 3 nitrogen and oxygen atoms in total. The number of methoxy groups -OCH3 is 1. The highest BCUT2D eigenvalue weighted by Crippen LogP contribution is 2.36. The molecular formula is C12H8F4N2O. The Kier molecular flexibility index (Phi) is 2.89. The molecule has 1 heterocycles. The Hall–Kier alpha value is -2.23. The number of imidazole rings is 1. The zero-order chi connectivity index (χ0) is 14.4. The van der Waals surface area contributed by atoms with Crippen LogP contribution in [-0.4, -0.2) is 16.7 Å². The van der Waals surface area contributed by atoms with E-state index in [9.17, 15) is 17.6 Å². The van der Waals surface area contributed by atoms with E-state index in [2.05, 4.69) is 4.98 Å². The lowest BCUT2D eigenvalue weighted by Crippen LogP contribution is -2.12. The topological polar surface area (TPSA) is 27.1 Å². The summed E-state index contributed by atoms with van der Waals surface area (Å²) in [5.41, 5.74) is -0.408. The molecule has 0 N–H and O–H groups in total. The summed E-state index contributed by atoms with van der Waals surface area (Å²) in [6, 6.07) is 0.912. The van der Waals surface area contributed by atoms with Crippen molar-refractivity contribution in [2.75, 3.05) is 7.11 Å². The third-order valence-corrected chi connectivity index (χ3v) is 2.69. The quantitative estimate of drug-likeness (QED) is 0.589. The third-order valence-electron chi connectivity index (χ3n) is 2.69. The fourth-order valence-corrected chi connectivity index (χ4v) is 1.85. The van der Waals surface area contributed by atoms with Crippen molar-refractivity contribution < 1.29 is 22.3 Å². The van der Waals surface area contributed by atoms with Crippen LogP contribution in [0.1, 0.15) is 11.4 Å².